The van der Waals surface area contributed by atoms with E-state index < -0.39 is 0 Å². The SMILES string of the molecule is CC(C)(C)c1cc(-c2cc(-c3ccccc3)ccn2)[c-]c(-c2ccc3c4c2nc(-c2cc(C(C)(C)C)cc(C(C)(C)C)c2O)n4B2c4ccccc4-c4cccc-3c42)c1.[Pt]. The van der Waals surface area contributed by atoms with Crippen LogP contribution in [0.4, 0.5) is 0 Å². The molecule has 6 heteroatoms. The van der Waals surface area contributed by atoms with Gasteiger partial charge in [-0.2, -0.15) is 0 Å². The van der Waals surface area contributed by atoms with Gasteiger partial charge >= 0.3 is 6.85 Å². The van der Waals surface area contributed by atoms with E-state index in [9.17, 15) is 5.11 Å². The zero-order valence-electron chi connectivity index (χ0n) is 35.8. The van der Waals surface area contributed by atoms with Gasteiger partial charge in [0.15, 0.2) is 0 Å². The number of nitrogens with zero attached hydrogens (tertiary/aromatic N) is 3. The Balaban J connectivity index is 0.00000462. The summed E-state index contributed by atoms with van der Waals surface area (Å²) in [6, 6.07) is 47.5. The van der Waals surface area contributed by atoms with Crippen molar-refractivity contribution in [3.63, 3.8) is 0 Å². The van der Waals surface area contributed by atoms with Crippen LogP contribution in [0, 0.1) is 6.07 Å². The van der Waals surface area contributed by atoms with E-state index >= 15 is 0 Å². The molecule has 0 bridgehead atoms. The van der Waals surface area contributed by atoms with E-state index in [4.69, 9.17) is 9.97 Å². The van der Waals surface area contributed by atoms with Gasteiger partial charge in [-0.3, -0.25) is 4.98 Å². The van der Waals surface area contributed by atoms with Crippen molar-refractivity contribution in [1.82, 2.24) is 14.4 Å². The first-order chi connectivity index (χ1) is 28.1. The molecule has 6 aromatic carbocycles. The van der Waals surface area contributed by atoms with Gasteiger partial charge in [-0.25, -0.2) is 4.98 Å². The predicted molar refractivity (Wildman–Crippen MR) is 247 cm³/mol. The Bertz CT molecular complexity index is 3020. The molecule has 0 fully saturated rings. The number of rotatable bonds is 4. The molecular formula is C54H49BN3OPt-. The Morgan fingerprint density at radius 2 is 1.20 bits per heavy atom. The molecule has 0 saturated heterocycles. The molecule has 4 heterocycles. The maximum absolute atomic E-state index is 12.5. The second-order valence-corrected chi connectivity index (χ2v) is 19.6. The smallest absolute Gasteiger partial charge is 0.331 e. The fraction of sp³-hybridized carbons (Fsp3) is 0.222. The molecule has 0 atom stereocenters. The first-order valence-corrected chi connectivity index (χ1v) is 20.8. The number of fused-ring (bicyclic) bond motifs is 5. The first-order valence-electron chi connectivity index (χ1n) is 20.8. The van der Waals surface area contributed by atoms with Gasteiger partial charge in [-0.15, -0.1) is 29.3 Å². The van der Waals surface area contributed by atoms with Crippen molar-refractivity contribution in [3.05, 3.63) is 150 Å². The number of aromatic nitrogens is 3. The van der Waals surface area contributed by atoms with Crippen molar-refractivity contribution in [2.75, 3.05) is 0 Å². The van der Waals surface area contributed by atoms with Gasteiger partial charge in [0, 0.05) is 44.1 Å². The van der Waals surface area contributed by atoms with Crippen LogP contribution in [0.5, 0.6) is 5.75 Å². The number of pyridine rings is 1. The number of phenols is 1. The molecule has 10 rings (SSSR count). The number of hydrogen-bond acceptors (Lipinski definition) is 3. The van der Waals surface area contributed by atoms with Crippen LogP contribution >= 0.6 is 0 Å². The van der Waals surface area contributed by atoms with Crippen molar-refractivity contribution in [2.24, 2.45) is 0 Å². The Morgan fingerprint density at radius 3 is 1.92 bits per heavy atom. The maximum Gasteiger partial charge on any atom is 0.331 e. The van der Waals surface area contributed by atoms with Crippen molar-refractivity contribution in [2.45, 2.75) is 78.6 Å². The fourth-order valence-corrected chi connectivity index (χ4v) is 9.30. The molecule has 60 heavy (non-hydrogen) atoms. The minimum absolute atomic E-state index is 0. The first kappa shape index (κ1) is 39.9. The third kappa shape index (κ3) is 6.31. The summed E-state index contributed by atoms with van der Waals surface area (Å²) in [4.78, 5) is 10.6. The van der Waals surface area contributed by atoms with Gasteiger partial charge in [-0.1, -0.05) is 171 Å². The molecule has 0 saturated carbocycles. The van der Waals surface area contributed by atoms with Gasteiger partial charge in [0.25, 0.3) is 0 Å². The van der Waals surface area contributed by atoms with Gasteiger partial charge in [-0.05, 0) is 72.7 Å². The fourth-order valence-electron chi connectivity index (χ4n) is 9.30. The van der Waals surface area contributed by atoms with E-state index in [1.54, 1.807) is 0 Å². The van der Waals surface area contributed by atoms with E-state index in [1.165, 1.54) is 38.7 Å². The van der Waals surface area contributed by atoms with Crippen LogP contribution in [0.25, 0.3) is 78.2 Å². The number of benzene rings is 6. The topological polar surface area (TPSA) is 50.9 Å². The Labute approximate surface area is 369 Å². The molecule has 8 aromatic rings. The van der Waals surface area contributed by atoms with Crippen LogP contribution in [0.3, 0.4) is 0 Å². The van der Waals surface area contributed by atoms with Crippen LogP contribution in [-0.4, -0.2) is 26.4 Å². The summed E-state index contributed by atoms with van der Waals surface area (Å²) in [5.41, 5.74) is 18.9. The average molecular weight is 962 g/mol. The minimum atomic E-state index is -0.297. The zero-order valence-corrected chi connectivity index (χ0v) is 38.1. The largest absolute Gasteiger partial charge is 0.507 e. The molecule has 1 N–H and O–H groups in total. The quantitative estimate of drug-likeness (QED) is 0.141. The Hall–Kier alpha value is -5.51. The van der Waals surface area contributed by atoms with E-state index in [2.05, 4.69) is 188 Å². The van der Waals surface area contributed by atoms with Gasteiger partial charge in [0.1, 0.15) is 11.6 Å². The van der Waals surface area contributed by atoms with Crippen molar-refractivity contribution in [1.29, 1.82) is 0 Å². The van der Waals surface area contributed by atoms with Crippen molar-refractivity contribution >= 4 is 28.8 Å². The molecule has 0 aliphatic carbocycles. The van der Waals surface area contributed by atoms with E-state index in [-0.39, 0.29) is 44.2 Å². The monoisotopic (exact) mass is 961 g/mol. The van der Waals surface area contributed by atoms with Gasteiger partial charge in [0.2, 0.25) is 0 Å². The van der Waals surface area contributed by atoms with Gasteiger partial charge in [0.05, 0.1) is 16.6 Å². The van der Waals surface area contributed by atoms with Crippen LogP contribution in [0.2, 0.25) is 0 Å². The standard InChI is InChI=1S/C54H49BN3O.Pt/c1-52(2,3)36-27-34(26-35(28-36)46-29-33(24-25-56-46)32-16-11-10-12-17-32)38-22-23-42-41-20-15-19-40-39-18-13-14-21-45(39)55(47(40)41)58-49(42)48(38)57-51(58)43-30-37(53(4,5)6)31-44(50(43)59)54(7,8)9;/h10-25,27-31,59H,1-9H3;/q-1;. The summed E-state index contributed by atoms with van der Waals surface area (Å²) in [5.74, 6) is 1.06. The summed E-state index contributed by atoms with van der Waals surface area (Å²) in [7, 11) is 0. The van der Waals surface area contributed by atoms with Crippen molar-refractivity contribution < 1.29 is 26.2 Å². The molecule has 2 aromatic heterocycles. The molecule has 300 valence electrons. The van der Waals surface area contributed by atoms with Crippen LogP contribution < -0.4 is 10.9 Å². The molecule has 0 spiro atoms. The van der Waals surface area contributed by atoms with Crippen molar-refractivity contribution in [3.8, 4) is 72.9 Å². The normalized spacial score (nSPS) is 13.0. The minimum Gasteiger partial charge on any atom is -0.507 e. The molecule has 2 aliphatic rings. The second-order valence-electron chi connectivity index (χ2n) is 19.6. The molecule has 2 aliphatic heterocycles. The summed E-state index contributed by atoms with van der Waals surface area (Å²) < 4.78 is 2.44. The Morgan fingerprint density at radius 1 is 0.567 bits per heavy atom. The van der Waals surface area contributed by atoms with Crippen LogP contribution in [0.15, 0.2) is 128 Å². The molecule has 0 unspecified atom stereocenters. The summed E-state index contributed by atoms with van der Waals surface area (Å²) in [5, 5.41) is 12.5. The second kappa shape index (κ2) is 14.0. The van der Waals surface area contributed by atoms with Crippen LogP contribution in [-0.2, 0) is 37.3 Å². The van der Waals surface area contributed by atoms with Gasteiger partial charge < -0.3 is 9.58 Å². The molecular weight excluding hydrogens is 913 g/mol. The number of phenolic OH excluding ortho intramolecular Hbond substituents is 1. The van der Waals surface area contributed by atoms with Crippen LogP contribution in [0.1, 0.15) is 79.0 Å². The molecule has 4 nitrogen and oxygen atoms in total. The summed E-state index contributed by atoms with van der Waals surface area (Å²) in [6.45, 7) is 19.9. The number of imidazole rings is 1. The predicted octanol–water partition coefficient (Wildman–Crippen LogP) is 12.1. The molecule has 0 amide bonds. The maximum atomic E-state index is 12.5. The zero-order chi connectivity index (χ0) is 41.2. The third-order valence-electron chi connectivity index (χ3n) is 12.5. The third-order valence-corrected chi connectivity index (χ3v) is 12.5. The summed E-state index contributed by atoms with van der Waals surface area (Å²) in [6.07, 6.45) is 1.90. The summed E-state index contributed by atoms with van der Waals surface area (Å²) >= 11 is 0. The van der Waals surface area contributed by atoms with E-state index in [0.29, 0.717) is 5.75 Å². The average Bonchev–Trinajstić information content (AvgIpc) is 3.76. The van der Waals surface area contributed by atoms with E-state index in [0.717, 1.165) is 67.1 Å². The number of aromatic hydroxyl groups is 1. The van der Waals surface area contributed by atoms with E-state index in [1.807, 2.05) is 12.3 Å². The number of hydrogen-bond donors (Lipinski definition) is 1. The Kier molecular flexibility index (Phi) is 9.34. The molecule has 0 radical (unpaired) electrons.